The van der Waals surface area contributed by atoms with E-state index in [9.17, 15) is 9.59 Å². The van der Waals surface area contributed by atoms with Crippen molar-refractivity contribution < 1.29 is 19.1 Å². The van der Waals surface area contributed by atoms with E-state index in [0.717, 1.165) is 0 Å². The molecule has 1 atom stereocenters. The number of ether oxygens (including phenoxy) is 2. The van der Waals surface area contributed by atoms with Crippen LogP contribution in [0.3, 0.4) is 0 Å². The molecule has 0 bridgehead atoms. The van der Waals surface area contributed by atoms with Crippen LogP contribution in [0.5, 0.6) is 11.5 Å². The zero-order valence-corrected chi connectivity index (χ0v) is 13.6. The zero-order valence-electron chi connectivity index (χ0n) is 13.6. The van der Waals surface area contributed by atoms with E-state index in [1.165, 1.54) is 11.7 Å². The van der Waals surface area contributed by atoms with Crippen molar-refractivity contribution in [3.63, 3.8) is 0 Å². The number of ketones is 1. The summed E-state index contributed by atoms with van der Waals surface area (Å²) < 4.78 is 12.4. The molecule has 3 rings (SSSR count). The van der Waals surface area contributed by atoms with Gasteiger partial charge in [0.15, 0.2) is 23.1 Å². The molecule has 1 unspecified atom stereocenters. The molecule has 1 aromatic heterocycles. The number of carbonyl (C=O) groups is 2. The number of hydrogen-bond donors (Lipinski definition) is 1. The van der Waals surface area contributed by atoms with E-state index in [0.29, 0.717) is 36.1 Å². The summed E-state index contributed by atoms with van der Waals surface area (Å²) in [6.07, 6.45) is 0. The summed E-state index contributed by atoms with van der Waals surface area (Å²) >= 11 is 0. The molecule has 0 saturated carbocycles. The first-order valence-corrected chi connectivity index (χ1v) is 7.54. The molecule has 9 nitrogen and oxygen atoms in total. The van der Waals surface area contributed by atoms with Crippen molar-refractivity contribution in [3.8, 4) is 23.3 Å². The number of nitrogens with one attached hydrogen (secondary N) is 1. The number of hydrogen-bond acceptors (Lipinski definition) is 7. The largest absolute Gasteiger partial charge is 0.486 e. The van der Waals surface area contributed by atoms with Crippen LogP contribution in [-0.4, -0.2) is 46.9 Å². The van der Waals surface area contributed by atoms with Crippen molar-refractivity contribution in [2.24, 2.45) is 5.92 Å². The van der Waals surface area contributed by atoms with E-state index in [2.05, 4.69) is 15.6 Å². The van der Waals surface area contributed by atoms with Crippen LogP contribution in [0.1, 0.15) is 16.2 Å². The Bertz CT molecular complexity index is 883. The molecule has 1 amide bonds. The average Bonchev–Trinajstić information content (AvgIpc) is 3.03. The fraction of sp³-hybridized carbons (Fsp3) is 0.312. The Kier molecular flexibility index (Phi) is 4.35. The molecule has 0 aliphatic carbocycles. The summed E-state index contributed by atoms with van der Waals surface area (Å²) in [5.74, 6) is -1.63. The second kappa shape index (κ2) is 6.60. The zero-order chi connectivity index (χ0) is 18.0. The standard InChI is InChI=1S/C16H15N5O4/c1-9-14(15(22)11(8-17)16(23)18-2)19-20-21(9)10-3-4-12-13(7-10)25-6-5-24-12/h3-4,7,11H,5-6H2,1-2H3,(H,18,23). The van der Waals surface area contributed by atoms with Crippen LogP contribution in [0.2, 0.25) is 0 Å². The monoisotopic (exact) mass is 341 g/mol. The molecule has 0 saturated heterocycles. The highest BCUT2D eigenvalue weighted by Gasteiger charge is 2.31. The van der Waals surface area contributed by atoms with Gasteiger partial charge in [0.05, 0.1) is 17.5 Å². The van der Waals surface area contributed by atoms with E-state index in [1.807, 2.05) is 0 Å². The lowest BCUT2D eigenvalue weighted by molar-refractivity contribution is -0.121. The van der Waals surface area contributed by atoms with Gasteiger partial charge in [0.1, 0.15) is 13.2 Å². The molecule has 0 fully saturated rings. The minimum atomic E-state index is -1.46. The summed E-state index contributed by atoms with van der Waals surface area (Å²) in [7, 11) is 1.36. The Labute approximate surface area is 143 Å². The van der Waals surface area contributed by atoms with Crippen LogP contribution in [-0.2, 0) is 4.79 Å². The van der Waals surface area contributed by atoms with Crippen molar-refractivity contribution in [1.29, 1.82) is 5.26 Å². The first-order chi connectivity index (χ1) is 12.1. The van der Waals surface area contributed by atoms with Gasteiger partial charge in [-0.15, -0.1) is 5.10 Å². The molecule has 1 aliphatic heterocycles. The van der Waals surface area contributed by atoms with Gasteiger partial charge in [0, 0.05) is 13.1 Å². The molecule has 25 heavy (non-hydrogen) atoms. The van der Waals surface area contributed by atoms with Gasteiger partial charge in [-0.3, -0.25) is 9.59 Å². The topological polar surface area (TPSA) is 119 Å². The molecule has 0 spiro atoms. The van der Waals surface area contributed by atoms with Crippen LogP contribution in [0.15, 0.2) is 18.2 Å². The van der Waals surface area contributed by atoms with Gasteiger partial charge < -0.3 is 14.8 Å². The van der Waals surface area contributed by atoms with Gasteiger partial charge in [-0.25, -0.2) is 4.68 Å². The molecule has 2 aromatic rings. The summed E-state index contributed by atoms with van der Waals surface area (Å²) in [6.45, 7) is 2.58. The summed E-state index contributed by atoms with van der Waals surface area (Å²) in [6, 6.07) is 6.92. The number of rotatable bonds is 4. The maximum Gasteiger partial charge on any atom is 0.245 e. The maximum atomic E-state index is 12.4. The molecule has 128 valence electrons. The molecule has 1 N–H and O–H groups in total. The van der Waals surface area contributed by atoms with Gasteiger partial charge in [0.2, 0.25) is 11.7 Å². The third-order valence-electron chi connectivity index (χ3n) is 3.80. The lowest BCUT2D eigenvalue weighted by Crippen LogP contribution is -2.32. The highest BCUT2D eigenvalue weighted by atomic mass is 16.6. The molecule has 1 aliphatic rings. The number of benzene rings is 1. The van der Waals surface area contributed by atoms with Gasteiger partial charge >= 0.3 is 0 Å². The minimum Gasteiger partial charge on any atom is -0.486 e. The van der Waals surface area contributed by atoms with E-state index in [1.54, 1.807) is 31.2 Å². The Hall–Kier alpha value is -3.41. The summed E-state index contributed by atoms with van der Waals surface area (Å²) in [4.78, 5) is 24.1. The highest BCUT2D eigenvalue weighted by molar-refractivity contribution is 6.11. The number of carbonyl (C=O) groups excluding carboxylic acids is 2. The first-order valence-electron chi connectivity index (χ1n) is 7.54. The highest BCUT2D eigenvalue weighted by Crippen LogP contribution is 2.32. The van der Waals surface area contributed by atoms with Crippen LogP contribution < -0.4 is 14.8 Å². The Morgan fingerprint density at radius 3 is 2.72 bits per heavy atom. The van der Waals surface area contributed by atoms with E-state index >= 15 is 0 Å². The van der Waals surface area contributed by atoms with Crippen molar-refractivity contribution in [1.82, 2.24) is 20.3 Å². The fourth-order valence-electron chi connectivity index (χ4n) is 2.48. The second-order valence-corrected chi connectivity index (χ2v) is 5.30. The molecule has 2 heterocycles. The van der Waals surface area contributed by atoms with Crippen molar-refractivity contribution in [3.05, 3.63) is 29.6 Å². The van der Waals surface area contributed by atoms with Gasteiger partial charge in [-0.05, 0) is 19.1 Å². The van der Waals surface area contributed by atoms with Crippen LogP contribution in [0.25, 0.3) is 5.69 Å². The number of aromatic nitrogens is 3. The van der Waals surface area contributed by atoms with Gasteiger partial charge in [-0.2, -0.15) is 5.26 Å². The number of fused-ring (bicyclic) bond motifs is 1. The minimum absolute atomic E-state index is 0.0231. The maximum absolute atomic E-state index is 12.4. The predicted octanol–water partition coefficient (Wildman–Crippen LogP) is 0.415. The molecule has 9 heteroatoms. The number of nitriles is 1. The predicted molar refractivity (Wildman–Crippen MR) is 84.6 cm³/mol. The number of amides is 1. The lowest BCUT2D eigenvalue weighted by Gasteiger charge is -2.18. The van der Waals surface area contributed by atoms with Crippen molar-refractivity contribution in [2.75, 3.05) is 20.3 Å². The van der Waals surface area contributed by atoms with Gasteiger partial charge in [-0.1, -0.05) is 5.21 Å². The lowest BCUT2D eigenvalue weighted by atomic mass is 10.0. The number of nitrogens with zero attached hydrogens (tertiary/aromatic N) is 4. The third kappa shape index (κ3) is 2.89. The van der Waals surface area contributed by atoms with E-state index < -0.39 is 17.6 Å². The van der Waals surface area contributed by atoms with Crippen molar-refractivity contribution >= 4 is 11.7 Å². The number of Topliss-reactive ketones (excluding diaryl/α,β-unsaturated/α-hetero) is 1. The van der Waals surface area contributed by atoms with Crippen molar-refractivity contribution in [2.45, 2.75) is 6.92 Å². The van der Waals surface area contributed by atoms with Crippen LogP contribution in [0, 0.1) is 24.2 Å². The molecular formula is C16H15N5O4. The average molecular weight is 341 g/mol. The summed E-state index contributed by atoms with van der Waals surface area (Å²) in [5.41, 5.74) is 1.03. The quantitative estimate of drug-likeness (QED) is 0.632. The third-order valence-corrected chi connectivity index (χ3v) is 3.80. The first kappa shape index (κ1) is 16.4. The Morgan fingerprint density at radius 2 is 2.04 bits per heavy atom. The molecular weight excluding hydrogens is 326 g/mol. The van der Waals surface area contributed by atoms with Gasteiger partial charge in [0.25, 0.3) is 0 Å². The second-order valence-electron chi connectivity index (χ2n) is 5.30. The molecule has 0 radical (unpaired) electrons. The SMILES string of the molecule is CNC(=O)C(C#N)C(=O)c1nnn(-c2ccc3c(c2)OCCO3)c1C. The Balaban J connectivity index is 1.95. The summed E-state index contributed by atoms with van der Waals surface area (Å²) in [5, 5.41) is 19.2. The van der Waals surface area contributed by atoms with E-state index in [4.69, 9.17) is 14.7 Å². The normalized spacial score (nSPS) is 13.6. The van der Waals surface area contributed by atoms with E-state index in [-0.39, 0.29) is 5.69 Å². The van der Waals surface area contributed by atoms with Crippen LogP contribution in [0.4, 0.5) is 0 Å². The Morgan fingerprint density at radius 1 is 1.32 bits per heavy atom. The molecule has 1 aromatic carbocycles. The fourth-order valence-corrected chi connectivity index (χ4v) is 2.48. The van der Waals surface area contributed by atoms with Crippen LogP contribution >= 0.6 is 0 Å². The smallest absolute Gasteiger partial charge is 0.245 e.